The second-order valence-electron chi connectivity index (χ2n) is 5.05. The van der Waals surface area contributed by atoms with Gasteiger partial charge < -0.3 is 14.2 Å². The lowest BCUT2D eigenvalue weighted by Crippen LogP contribution is -2.27. The van der Waals surface area contributed by atoms with Gasteiger partial charge in [-0.3, -0.25) is 0 Å². The van der Waals surface area contributed by atoms with E-state index in [2.05, 4.69) is 4.98 Å². The van der Waals surface area contributed by atoms with E-state index >= 15 is 0 Å². The third-order valence-corrected chi connectivity index (χ3v) is 3.56. The highest BCUT2D eigenvalue weighted by molar-refractivity contribution is 6.30. The van der Waals surface area contributed by atoms with E-state index in [0.29, 0.717) is 10.8 Å². The first-order valence-electron chi connectivity index (χ1n) is 6.81. The summed E-state index contributed by atoms with van der Waals surface area (Å²) in [4.78, 5) is 3.58. The molecule has 0 saturated heterocycles. The van der Waals surface area contributed by atoms with Crippen molar-refractivity contribution in [2.24, 2.45) is 0 Å². The van der Waals surface area contributed by atoms with Gasteiger partial charge in [-0.15, -0.1) is 0 Å². The van der Waals surface area contributed by atoms with Crippen LogP contribution in [0, 0.1) is 0 Å². The van der Waals surface area contributed by atoms with E-state index in [-0.39, 0.29) is 11.4 Å². The molecule has 0 atom stereocenters. The molecule has 126 valence electrons. The molecule has 0 saturated carbocycles. The van der Waals surface area contributed by atoms with E-state index in [0.717, 1.165) is 0 Å². The van der Waals surface area contributed by atoms with Gasteiger partial charge in [-0.2, -0.15) is 13.2 Å². The van der Waals surface area contributed by atoms with Crippen molar-refractivity contribution in [2.75, 3.05) is 0 Å². The van der Waals surface area contributed by atoms with E-state index in [1.54, 1.807) is 12.1 Å². The third-order valence-electron chi connectivity index (χ3n) is 3.30. The number of rotatable bonds is 3. The Kier molecular flexibility index (Phi) is 4.04. The Labute approximate surface area is 140 Å². The van der Waals surface area contributed by atoms with Crippen LogP contribution in [-0.2, 0) is 21.4 Å². The van der Waals surface area contributed by atoms with Gasteiger partial charge in [0.2, 0.25) is 5.88 Å². The Morgan fingerprint density at radius 3 is 2.25 bits per heavy atom. The molecule has 0 spiro atoms. The first kappa shape index (κ1) is 16.4. The second-order valence-corrected chi connectivity index (χ2v) is 5.49. The maximum atomic E-state index is 13.4. The molecule has 3 rings (SSSR count). The van der Waals surface area contributed by atoms with Crippen molar-refractivity contribution in [3.63, 3.8) is 0 Å². The van der Waals surface area contributed by atoms with Gasteiger partial charge in [-0.1, -0.05) is 11.6 Å². The van der Waals surface area contributed by atoms with Gasteiger partial charge in [0.05, 0.1) is 5.56 Å². The van der Waals surface area contributed by atoms with Crippen LogP contribution in [0.5, 0.6) is 11.6 Å². The van der Waals surface area contributed by atoms with Crippen LogP contribution < -0.4 is 4.74 Å². The Morgan fingerprint density at radius 2 is 1.67 bits per heavy atom. The highest BCUT2D eigenvalue weighted by Crippen LogP contribution is 2.41. The van der Waals surface area contributed by atoms with Crippen molar-refractivity contribution in [2.45, 2.75) is 18.9 Å². The highest BCUT2D eigenvalue weighted by atomic mass is 35.5. The monoisotopic (exact) mass is 357 g/mol. The summed E-state index contributed by atoms with van der Waals surface area (Å²) in [6, 6.07) is 8.70. The zero-order chi connectivity index (χ0) is 17.4. The largest absolute Gasteiger partial charge is 0.453 e. The molecule has 0 amide bonds. The summed E-state index contributed by atoms with van der Waals surface area (Å²) in [7, 11) is 0. The van der Waals surface area contributed by atoms with E-state index < -0.39 is 17.7 Å². The van der Waals surface area contributed by atoms with E-state index in [4.69, 9.17) is 25.8 Å². The predicted molar refractivity (Wildman–Crippen MR) is 79.4 cm³/mol. The fraction of sp³-hybridized carbons (Fsp3) is 0.188. The first-order valence-corrected chi connectivity index (χ1v) is 7.18. The quantitative estimate of drug-likeness (QED) is 0.753. The minimum Gasteiger partial charge on any atom is -0.453 e. The number of nitrogens with zero attached hydrogens (tertiary/aromatic N) is 1. The molecule has 1 aromatic carbocycles. The maximum absolute atomic E-state index is 13.4. The van der Waals surface area contributed by atoms with Crippen molar-refractivity contribution in [1.29, 1.82) is 0 Å². The Bertz CT molecular complexity index is 767. The summed E-state index contributed by atoms with van der Waals surface area (Å²) in [6.45, 7) is 1.37. The fourth-order valence-electron chi connectivity index (χ4n) is 2.17. The van der Waals surface area contributed by atoms with Gasteiger partial charge in [0.1, 0.15) is 18.3 Å². The standard InChI is InChI=1S/C16H11ClF3NO3/c1-15(22-8-9-23-15)12-6-7-13(21-14(12)16(18,19)20)24-11-4-2-10(17)3-5-11/h2-9H,1H3. The topological polar surface area (TPSA) is 40.6 Å². The Morgan fingerprint density at radius 1 is 1.04 bits per heavy atom. The van der Waals surface area contributed by atoms with Gasteiger partial charge >= 0.3 is 6.18 Å². The Balaban J connectivity index is 1.97. The van der Waals surface area contributed by atoms with Crippen molar-refractivity contribution in [1.82, 2.24) is 4.98 Å². The molecule has 0 aliphatic carbocycles. The van der Waals surface area contributed by atoms with E-state index in [9.17, 15) is 13.2 Å². The molecule has 4 nitrogen and oxygen atoms in total. The zero-order valence-electron chi connectivity index (χ0n) is 12.3. The number of benzene rings is 1. The summed E-state index contributed by atoms with van der Waals surface area (Å²) in [5, 5.41) is 0.484. The summed E-state index contributed by atoms with van der Waals surface area (Å²) in [5.41, 5.74) is -1.39. The minimum absolute atomic E-state index is 0.206. The van der Waals surface area contributed by atoms with Gasteiger partial charge in [-0.05, 0) is 30.3 Å². The fourth-order valence-corrected chi connectivity index (χ4v) is 2.30. The van der Waals surface area contributed by atoms with Crippen molar-refractivity contribution in [3.8, 4) is 11.6 Å². The van der Waals surface area contributed by atoms with E-state index in [1.165, 1.54) is 43.7 Å². The number of pyridine rings is 1. The van der Waals surface area contributed by atoms with E-state index in [1.807, 2.05) is 0 Å². The molecule has 1 aromatic heterocycles. The van der Waals surface area contributed by atoms with Crippen LogP contribution in [0.4, 0.5) is 13.2 Å². The molecule has 0 unspecified atom stereocenters. The van der Waals surface area contributed by atoms with Crippen LogP contribution >= 0.6 is 11.6 Å². The molecule has 1 aliphatic heterocycles. The molecule has 8 heteroatoms. The van der Waals surface area contributed by atoms with Gasteiger partial charge in [0.15, 0.2) is 5.69 Å². The number of ether oxygens (including phenoxy) is 3. The summed E-state index contributed by atoms with van der Waals surface area (Å²) < 4.78 is 55.8. The second kappa shape index (κ2) is 5.90. The number of hydrogen-bond donors (Lipinski definition) is 0. The van der Waals surface area contributed by atoms with Crippen molar-refractivity contribution >= 4 is 11.6 Å². The van der Waals surface area contributed by atoms with Crippen LogP contribution in [-0.4, -0.2) is 4.98 Å². The molecule has 2 heterocycles. The Hall–Kier alpha value is -2.41. The summed E-state index contributed by atoms with van der Waals surface area (Å²) in [5.74, 6) is -1.48. The van der Waals surface area contributed by atoms with Gasteiger partial charge in [-0.25, -0.2) is 4.98 Å². The summed E-state index contributed by atoms with van der Waals surface area (Å²) >= 11 is 5.75. The zero-order valence-corrected chi connectivity index (χ0v) is 13.1. The number of hydrogen-bond acceptors (Lipinski definition) is 4. The predicted octanol–water partition coefficient (Wildman–Crippen LogP) is 5.24. The smallest absolute Gasteiger partial charge is 0.434 e. The molecule has 1 aliphatic rings. The van der Waals surface area contributed by atoms with Crippen LogP contribution in [0.25, 0.3) is 0 Å². The first-order chi connectivity index (χ1) is 11.3. The third kappa shape index (κ3) is 3.26. The van der Waals surface area contributed by atoms with Gasteiger partial charge in [0.25, 0.3) is 5.79 Å². The molecule has 2 aromatic rings. The number of halogens is 4. The molecule has 0 N–H and O–H groups in total. The maximum Gasteiger partial charge on any atom is 0.434 e. The molecule has 0 bridgehead atoms. The van der Waals surface area contributed by atoms with Crippen LogP contribution in [0.15, 0.2) is 48.9 Å². The SMILES string of the molecule is CC1(c2ccc(Oc3ccc(Cl)cc3)nc2C(F)(F)F)OC=CO1. The van der Waals surface area contributed by atoms with Crippen LogP contribution in [0.2, 0.25) is 5.02 Å². The van der Waals surface area contributed by atoms with Crippen LogP contribution in [0.3, 0.4) is 0 Å². The molecule has 0 fully saturated rings. The lowest BCUT2D eigenvalue weighted by atomic mass is 10.1. The number of alkyl halides is 3. The lowest BCUT2D eigenvalue weighted by molar-refractivity contribution is -0.161. The molecular formula is C16H11ClF3NO3. The van der Waals surface area contributed by atoms with Crippen molar-refractivity contribution in [3.05, 3.63) is 65.2 Å². The summed E-state index contributed by atoms with van der Waals surface area (Å²) in [6.07, 6.45) is -2.34. The molecular weight excluding hydrogens is 347 g/mol. The normalized spacial score (nSPS) is 15.7. The highest BCUT2D eigenvalue weighted by Gasteiger charge is 2.44. The molecule has 24 heavy (non-hydrogen) atoms. The average molecular weight is 358 g/mol. The number of aromatic nitrogens is 1. The lowest BCUT2D eigenvalue weighted by Gasteiger charge is -2.26. The van der Waals surface area contributed by atoms with Gasteiger partial charge in [0, 0.05) is 18.0 Å². The molecule has 0 radical (unpaired) electrons. The average Bonchev–Trinajstić information content (AvgIpc) is 2.96. The van der Waals surface area contributed by atoms with Crippen LogP contribution in [0.1, 0.15) is 18.2 Å². The van der Waals surface area contributed by atoms with Crippen molar-refractivity contribution < 1.29 is 27.4 Å². The minimum atomic E-state index is -4.70.